The van der Waals surface area contributed by atoms with E-state index >= 15 is 0 Å². The summed E-state index contributed by atoms with van der Waals surface area (Å²) in [5, 5.41) is 17.7. The van der Waals surface area contributed by atoms with Crippen molar-refractivity contribution in [3.63, 3.8) is 0 Å². The number of carbonyl (C=O) groups is 1. The zero-order valence-electron chi connectivity index (χ0n) is 14.5. The number of nitro groups is 1. The van der Waals surface area contributed by atoms with Crippen LogP contribution in [0.3, 0.4) is 0 Å². The summed E-state index contributed by atoms with van der Waals surface area (Å²) in [4.78, 5) is 35.1. The van der Waals surface area contributed by atoms with Crippen molar-refractivity contribution in [1.82, 2.24) is 15.2 Å². The highest BCUT2D eigenvalue weighted by atomic mass is 79.9. The first kappa shape index (κ1) is 19.2. The largest absolute Gasteiger partial charge is 0.295 e. The number of aromatic nitrogens is 2. The lowest BCUT2D eigenvalue weighted by atomic mass is 10.2. The van der Waals surface area contributed by atoms with Crippen molar-refractivity contribution in [3.05, 3.63) is 90.3 Å². The molecule has 3 aromatic rings. The number of nitro benzene ring substituents is 1. The summed E-state index contributed by atoms with van der Waals surface area (Å²) in [6.45, 7) is 1.70. The Morgan fingerprint density at radius 1 is 1.25 bits per heavy atom. The molecule has 0 spiro atoms. The molecule has 0 aliphatic rings. The molecule has 0 aliphatic heterocycles. The van der Waals surface area contributed by atoms with E-state index in [1.165, 1.54) is 35.2 Å². The van der Waals surface area contributed by atoms with Crippen LogP contribution in [-0.2, 0) is 0 Å². The van der Waals surface area contributed by atoms with Gasteiger partial charge < -0.3 is 0 Å². The summed E-state index contributed by atoms with van der Waals surface area (Å²) in [5.41, 5.74) is 2.86. The van der Waals surface area contributed by atoms with Gasteiger partial charge in [0.25, 0.3) is 17.2 Å². The number of carbonyl (C=O) groups excluding carboxylic acids is 1. The molecule has 1 amide bonds. The lowest BCUT2D eigenvalue weighted by Gasteiger charge is -2.01. The van der Waals surface area contributed by atoms with E-state index in [-0.39, 0.29) is 22.4 Å². The van der Waals surface area contributed by atoms with Crippen LogP contribution < -0.4 is 11.0 Å². The third-order valence-electron chi connectivity index (χ3n) is 3.91. The minimum atomic E-state index is -0.745. The Morgan fingerprint density at radius 3 is 2.61 bits per heavy atom. The molecule has 2 N–H and O–H groups in total. The second-order valence-electron chi connectivity index (χ2n) is 5.74. The minimum absolute atomic E-state index is 0.122. The van der Waals surface area contributed by atoms with Crippen LogP contribution >= 0.6 is 15.9 Å². The maximum absolute atomic E-state index is 12.6. The molecule has 0 fully saturated rings. The molecule has 3 rings (SSSR count). The van der Waals surface area contributed by atoms with Crippen molar-refractivity contribution in [2.24, 2.45) is 5.10 Å². The first-order chi connectivity index (χ1) is 13.4. The average Bonchev–Trinajstić information content (AvgIpc) is 2.96. The Balaban J connectivity index is 1.82. The van der Waals surface area contributed by atoms with Gasteiger partial charge in [-0.1, -0.05) is 28.1 Å². The molecule has 0 radical (unpaired) electrons. The quantitative estimate of drug-likeness (QED) is 0.357. The van der Waals surface area contributed by atoms with Gasteiger partial charge in [0.05, 0.1) is 22.4 Å². The average molecular weight is 444 g/mol. The first-order valence-electron chi connectivity index (χ1n) is 8.03. The molecule has 0 saturated carbocycles. The summed E-state index contributed by atoms with van der Waals surface area (Å²) >= 11 is 3.34. The van der Waals surface area contributed by atoms with Gasteiger partial charge in [-0.25, -0.2) is 10.1 Å². The molecule has 0 aliphatic carbocycles. The smallest absolute Gasteiger partial charge is 0.282 e. The molecule has 2 aromatic carbocycles. The molecule has 0 atom stereocenters. The normalized spacial score (nSPS) is 10.9. The Hall–Kier alpha value is -3.53. The minimum Gasteiger partial charge on any atom is -0.295 e. The number of hydrogen-bond donors (Lipinski definition) is 2. The van der Waals surface area contributed by atoms with E-state index < -0.39 is 10.8 Å². The van der Waals surface area contributed by atoms with E-state index in [1.807, 2.05) is 0 Å². The van der Waals surface area contributed by atoms with Crippen LogP contribution in [0.2, 0.25) is 0 Å². The van der Waals surface area contributed by atoms with Gasteiger partial charge in [-0.15, -0.1) is 0 Å². The molecule has 142 valence electrons. The summed E-state index contributed by atoms with van der Waals surface area (Å²) in [6.07, 6.45) is 1.20. The Kier molecular flexibility index (Phi) is 5.50. The van der Waals surface area contributed by atoms with Crippen molar-refractivity contribution in [2.75, 3.05) is 0 Å². The zero-order valence-corrected chi connectivity index (χ0v) is 16.1. The van der Waals surface area contributed by atoms with Gasteiger partial charge in [-0.3, -0.25) is 24.8 Å². The molecule has 1 heterocycles. The van der Waals surface area contributed by atoms with Crippen LogP contribution in [0.15, 0.2) is 62.9 Å². The molecule has 0 saturated heterocycles. The van der Waals surface area contributed by atoms with E-state index in [9.17, 15) is 19.7 Å². The number of para-hydroxylation sites is 1. The third kappa shape index (κ3) is 3.91. The lowest BCUT2D eigenvalue weighted by molar-refractivity contribution is -0.385. The van der Waals surface area contributed by atoms with Crippen molar-refractivity contribution in [3.8, 4) is 5.69 Å². The lowest BCUT2D eigenvalue weighted by Crippen LogP contribution is -2.21. The van der Waals surface area contributed by atoms with Crippen molar-refractivity contribution >= 4 is 33.7 Å². The van der Waals surface area contributed by atoms with Crippen molar-refractivity contribution in [1.29, 1.82) is 0 Å². The highest BCUT2D eigenvalue weighted by Gasteiger charge is 2.18. The highest BCUT2D eigenvalue weighted by molar-refractivity contribution is 9.10. The molecular weight excluding hydrogens is 430 g/mol. The van der Waals surface area contributed by atoms with Gasteiger partial charge in [0.1, 0.15) is 5.56 Å². The van der Waals surface area contributed by atoms with Gasteiger partial charge in [0.15, 0.2) is 0 Å². The van der Waals surface area contributed by atoms with Gasteiger partial charge >= 0.3 is 0 Å². The topological polar surface area (TPSA) is 122 Å². The Labute approximate surface area is 167 Å². The van der Waals surface area contributed by atoms with E-state index in [4.69, 9.17) is 0 Å². The predicted octanol–water partition coefficient (Wildman–Crippen LogP) is 2.91. The third-order valence-corrected chi connectivity index (χ3v) is 4.44. The number of benzene rings is 2. The number of hydrogen-bond acceptors (Lipinski definition) is 5. The molecule has 0 unspecified atom stereocenters. The highest BCUT2D eigenvalue weighted by Crippen LogP contribution is 2.17. The number of aryl methyl sites for hydroxylation is 1. The molecule has 28 heavy (non-hydrogen) atoms. The molecule has 10 heteroatoms. The number of H-pyrrole nitrogens is 1. The van der Waals surface area contributed by atoms with Crippen LogP contribution in [0.4, 0.5) is 5.69 Å². The fraction of sp³-hybridized carbons (Fsp3) is 0.0556. The van der Waals surface area contributed by atoms with Gasteiger partial charge in [-0.05, 0) is 37.3 Å². The van der Waals surface area contributed by atoms with Gasteiger partial charge in [0, 0.05) is 16.2 Å². The second-order valence-corrected chi connectivity index (χ2v) is 6.66. The summed E-state index contributed by atoms with van der Waals surface area (Å²) in [6, 6.07) is 12.7. The number of rotatable bonds is 5. The van der Waals surface area contributed by atoms with Gasteiger partial charge in [-0.2, -0.15) is 5.10 Å². The number of hydrazone groups is 1. The number of aromatic amines is 1. The number of halogens is 1. The van der Waals surface area contributed by atoms with Crippen LogP contribution in [0.5, 0.6) is 0 Å². The summed E-state index contributed by atoms with van der Waals surface area (Å²) < 4.78 is 2.24. The Bertz CT molecular complexity index is 1130. The van der Waals surface area contributed by atoms with E-state index in [0.29, 0.717) is 11.4 Å². The molecule has 1 aromatic heterocycles. The zero-order chi connectivity index (χ0) is 20.3. The maximum Gasteiger partial charge on any atom is 0.282 e. The monoisotopic (exact) mass is 443 g/mol. The second kappa shape index (κ2) is 8.01. The van der Waals surface area contributed by atoms with Crippen LogP contribution in [0.1, 0.15) is 21.6 Å². The number of amides is 1. The fourth-order valence-electron chi connectivity index (χ4n) is 2.52. The van der Waals surface area contributed by atoms with Crippen LogP contribution in [-0.4, -0.2) is 26.8 Å². The molecule has 0 bridgehead atoms. The van der Waals surface area contributed by atoms with Crippen molar-refractivity contribution < 1.29 is 9.72 Å². The summed E-state index contributed by atoms with van der Waals surface area (Å²) in [5.74, 6) is -0.745. The maximum atomic E-state index is 12.6. The van der Waals surface area contributed by atoms with Crippen LogP contribution in [0.25, 0.3) is 5.69 Å². The standard InChI is InChI=1S/C18H14BrN5O4/c1-11-15(18(26)23(22-11)13-8-6-12(19)7-9-13)10-20-21-17(25)14-4-2-3-5-16(14)24(27)28/h2-10,22H,1H3,(H,21,25)/b20-10+. The van der Waals surface area contributed by atoms with E-state index in [2.05, 4.69) is 31.6 Å². The SMILES string of the molecule is Cc1[nH]n(-c2ccc(Br)cc2)c(=O)c1/C=N/NC(=O)c1ccccc1[N+](=O)[O-]. The van der Waals surface area contributed by atoms with Crippen LogP contribution in [0, 0.1) is 17.0 Å². The predicted molar refractivity (Wildman–Crippen MR) is 107 cm³/mol. The number of nitrogens with one attached hydrogen (secondary N) is 2. The van der Waals surface area contributed by atoms with E-state index in [1.54, 1.807) is 31.2 Å². The van der Waals surface area contributed by atoms with E-state index in [0.717, 1.165) is 4.47 Å². The molecular formula is C18H14BrN5O4. The van der Waals surface area contributed by atoms with Crippen molar-refractivity contribution in [2.45, 2.75) is 6.92 Å². The number of nitrogens with zero attached hydrogens (tertiary/aromatic N) is 3. The fourth-order valence-corrected chi connectivity index (χ4v) is 2.79. The Morgan fingerprint density at radius 2 is 1.93 bits per heavy atom. The molecule has 9 nitrogen and oxygen atoms in total. The van der Waals surface area contributed by atoms with Gasteiger partial charge in [0.2, 0.25) is 0 Å². The summed E-state index contributed by atoms with van der Waals surface area (Å²) in [7, 11) is 0. The first-order valence-corrected chi connectivity index (χ1v) is 8.82.